The molecule has 0 saturated heterocycles. The second-order valence-electron chi connectivity index (χ2n) is 6.56. The van der Waals surface area contributed by atoms with Crippen LogP contribution in [0.15, 0.2) is 18.5 Å². The number of pyridine rings is 1. The van der Waals surface area contributed by atoms with Crippen molar-refractivity contribution in [1.29, 1.82) is 0 Å². The summed E-state index contributed by atoms with van der Waals surface area (Å²) in [7, 11) is 8.15. The number of hydrogen-bond acceptors (Lipinski definition) is 4. The smallest absolute Gasteiger partial charge is 0.137 e. The molecule has 1 heterocycles. The van der Waals surface area contributed by atoms with Gasteiger partial charge < -0.3 is 15.0 Å². The van der Waals surface area contributed by atoms with Gasteiger partial charge in [0.1, 0.15) is 5.75 Å². The molecule has 1 fully saturated rings. The van der Waals surface area contributed by atoms with Crippen molar-refractivity contribution in [2.45, 2.75) is 44.2 Å². The molecule has 0 amide bonds. The van der Waals surface area contributed by atoms with Gasteiger partial charge in [0.05, 0.1) is 19.3 Å². The molecule has 2 rings (SSSR count). The number of ether oxygens (including phenoxy) is 1. The van der Waals surface area contributed by atoms with Crippen LogP contribution in [0.4, 0.5) is 0 Å². The SMILES string of the molecule is CNC(c1cncc(OC)c1)C1(N(C)C)CCC(C)CC1. The molecule has 1 saturated carbocycles. The first-order valence-corrected chi connectivity index (χ1v) is 7.87. The van der Waals surface area contributed by atoms with E-state index in [4.69, 9.17) is 4.74 Å². The van der Waals surface area contributed by atoms with E-state index < -0.39 is 0 Å². The van der Waals surface area contributed by atoms with E-state index in [2.05, 4.69) is 42.3 Å². The van der Waals surface area contributed by atoms with Gasteiger partial charge in [0.15, 0.2) is 0 Å². The topological polar surface area (TPSA) is 37.4 Å². The van der Waals surface area contributed by atoms with Gasteiger partial charge in [-0.2, -0.15) is 0 Å². The fourth-order valence-corrected chi connectivity index (χ4v) is 3.71. The second kappa shape index (κ2) is 6.75. The molecule has 0 aliphatic heterocycles. The standard InChI is InChI=1S/C17H29N3O/c1-13-6-8-17(9-7-13,20(3)4)16(18-2)14-10-15(21-5)12-19-11-14/h10-13,16,18H,6-9H2,1-5H3. The molecule has 1 aliphatic carbocycles. The molecule has 1 N–H and O–H groups in total. The van der Waals surface area contributed by atoms with Crippen molar-refractivity contribution in [2.24, 2.45) is 5.92 Å². The maximum absolute atomic E-state index is 5.34. The third-order valence-electron chi connectivity index (χ3n) is 5.16. The molecule has 0 bridgehead atoms. The molecule has 0 spiro atoms. The highest BCUT2D eigenvalue weighted by atomic mass is 16.5. The Morgan fingerprint density at radius 3 is 2.52 bits per heavy atom. The maximum Gasteiger partial charge on any atom is 0.137 e. The number of methoxy groups -OCH3 is 1. The fourth-order valence-electron chi connectivity index (χ4n) is 3.71. The van der Waals surface area contributed by atoms with Crippen LogP contribution in [-0.2, 0) is 0 Å². The van der Waals surface area contributed by atoms with E-state index in [1.807, 2.05) is 13.2 Å². The van der Waals surface area contributed by atoms with Gasteiger partial charge in [-0.15, -0.1) is 0 Å². The van der Waals surface area contributed by atoms with E-state index >= 15 is 0 Å². The summed E-state index contributed by atoms with van der Waals surface area (Å²) in [5.41, 5.74) is 1.36. The molecule has 1 atom stereocenters. The van der Waals surface area contributed by atoms with Crippen LogP contribution in [0.5, 0.6) is 5.75 Å². The third kappa shape index (κ3) is 3.22. The Kier molecular flexibility index (Phi) is 5.22. The van der Waals surface area contributed by atoms with Gasteiger partial charge in [-0.25, -0.2) is 0 Å². The predicted molar refractivity (Wildman–Crippen MR) is 86.6 cm³/mol. The van der Waals surface area contributed by atoms with Crippen LogP contribution in [0.25, 0.3) is 0 Å². The summed E-state index contributed by atoms with van der Waals surface area (Å²) >= 11 is 0. The lowest BCUT2D eigenvalue weighted by atomic mass is 9.70. The molecular weight excluding hydrogens is 262 g/mol. The van der Waals surface area contributed by atoms with E-state index in [1.165, 1.54) is 31.2 Å². The first-order valence-electron chi connectivity index (χ1n) is 7.87. The third-order valence-corrected chi connectivity index (χ3v) is 5.16. The van der Waals surface area contributed by atoms with E-state index in [0.29, 0.717) is 0 Å². The first kappa shape index (κ1) is 16.2. The summed E-state index contributed by atoms with van der Waals surface area (Å²) < 4.78 is 5.34. The molecule has 0 aromatic carbocycles. The summed E-state index contributed by atoms with van der Waals surface area (Å²) in [5, 5.41) is 3.54. The fraction of sp³-hybridized carbons (Fsp3) is 0.706. The summed E-state index contributed by atoms with van der Waals surface area (Å²) in [6.07, 6.45) is 8.73. The van der Waals surface area contributed by atoms with E-state index in [9.17, 15) is 0 Å². The number of nitrogens with zero attached hydrogens (tertiary/aromatic N) is 2. The van der Waals surface area contributed by atoms with E-state index in [0.717, 1.165) is 11.7 Å². The Balaban J connectivity index is 2.35. The molecule has 0 radical (unpaired) electrons. The number of aromatic nitrogens is 1. The zero-order valence-corrected chi connectivity index (χ0v) is 14.0. The minimum Gasteiger partial charge on any atom is -0.495 e. The van der Waals surface area contributed by atoms with E-state index in [1.54, 1.807) is 13.3 Å². The molecule has 1 aliphatic rings. The van der Waals surface area contributed by atoms with Crippen molar-refractivity contribution in [1.82, 2.24) is 15.2 Å². The summed E-state index contributed by atoms with van der Waals surface area (Å²) in [6, 6.07) is 2.37. The molecular formula is C17H29N3O. The Morgan fingerprint density at radius 2 is 2.00 bits per heavy atom. The van der Waals surface area contributed by atoms with Gasteiger partial charge in [0.25, 0.3) is 0 Å². The van der Waals surface area contributed by atoms with Gasteiger partial charge >= 0.3 is 0 Å². The molecule has 4 heteroatoms. The van der Waals surface area contributed by atoms with Crippen LogP contribution in [0.3, 0.4) is 0 Å². The van der Waals surface area contributed by atoms with E-state index in [-0.39, 0.29) is 11.6 Å². The minimum absolute atomic E-state index is 0.148. The molecule has 1 unspecified atom stereocenters. The number of rotatable bonds is 5. The Bertz CT molecular complexity index is 453. The van der Waals surface area contributed by atoms with Gasteiger partial charge in [-0.05, 0) is 64.4 Å². The lowest BCUT2D eigenvalue weighted by Gasteiger charge is -2.49. The molecule has 1 aromatic rings. The van der Waals surface area contributed by atoms with Crippen molar-refractivity contribution < 1.29 is 4.74 Å². The van der Waals surface area contributed by atoms with Crippen molar-refractivity contribution >= 4 is 0 Å². The van der Waals surface area contributed by atoms with Crippen molar-refractivity contribution in [3.05, 3.63) is 24.0 Å². The van der Waals surface area contributed by atoms with Crippen LogP contribution in [0.2, 0.25) is 0 Å². The number of nitrogens with one attached hydrogen (secondary N) is 1. The molecule has 118 valence electrons. The lowest BCUT2D eigenvalue weighted by Crippen LogP contribution is -2.55. The van der Waals surface area contributed by atoms with Crippen LogP contribution in [-0.4, -0.2) is 43.7 Å². The summed E-state index contributed by atoms with van der Waals surface area (Å²) in [6.45, 7) is 2.36. The number of hydrogen-bond donors (Lipinski definition) is 1. The summed E-state index contributed by atoms with van der Waals surface area (Å²) in [5.74, 6) is 1.66. The quantitative estimate of drug-likeness (QED) is 0.905. The van der Waals surface area contributed by atoms with Crippen LogP contribution < -0.4 is 10.1 Å². The zero-order valence-electron chi connectivity index (χ0n) is 14.0. The maximum atomic E-state index is 5.34. The average Bonchev–Trinajstić information content (AvgIpc) is 2.50. The molecule has 4 nitrogen and oxygen atoms in total. The summed E-state index contributed by atoms with van der Waals surface area (Å²) in [4.78, 5) is 6.74. The second-order valence-corrected chi connectivity index (χ2v) is 6.56. The largest absolute Gasteiger partial charge is 0.495 e. The van der Waals surface area contributed by atoms with Crippen molar-refractivity contribution in [3.63, 3.8) is 0 Å². The van der Waals surface area contributed by atoms with Crippen molar-refractivity contribution in [2.75, 3.05) is 28.3 Å². The minimum atomic E-state index is 0.148. The van der Waals surface area contributed by atoms with Crippen LogP contribution in [0, 0.1) is 5.92 Å². The highest BCUT2D eigenvalue weighted by Gasteiger charge is 2.43. The first-order chi connectivity index (χ1) is 10.0. The van der Waals surface area contributed by atoms with Gasteiger partial charge in [-0.1, -0.05) is 6.92 Å². The van der Waals surface area contributed by atoms with Crippen LogP contribution >= 0.6 is 0 Å². The highest BCUT2D eigenvalue weighted by molar-refractivity contribution is 5.29. The Labute approximate surface area is 128 Å². The average molecular weight is 291 g/mol. The van der Waals surface area contributed by atoms with Crippen molar-refractivity contribution in [3.8, 4) is 5.75 Å². The van der Waals surface area contributed by atoms with Gasteiger partial charge in [-0.3, -0.25) is 4.98 Å². The Morgan fingerprint density at radius 1 is 1.33 bits per heavy atom. The van der Waals surface area contributed by atoms with Gasteiger partial charge in [0, 0.05) is 11.7 Å². The number of likely N-dealkylation sites (N-methyl/N-ethyl adjacent to an activating group) is 2. The van der Waals surface area contributed by atoms with Crippen LogP contribution in [0.1, 0.15) is 44.2 Å². The monoisotopic (exact) mass is 291 g/mol. The zero-order chi connectivity index (χ0) is 15.5. The van der Waals surface area contributed by atoms with Gasteiger partial charge in [0.2, 0.25) is 0 Å². The highest BCUT2D eigenvalue weighted by Crippen LogP contribution is 2.43. The molecule has 21 heavy (non-hydrogen) atoms. The Hall–Kier alpha value is -1.13. The normalized spacial score (nSPS) is 27.6. The lowest BCUT2D eigenvalue weighted by molar-refractivity contribution is 0.0454. The predicted octanol–water partition coefficient (Wildman–Crippen LogP) is 2.86. The molecule has 1 aromatic heterocycles.